The predicted molar refractivity (Wildman–Crippen MR) is 106 cm³/mol. The largest absolute Gasteiger partial charge is 0.462 e. The number of nitriles is 2. The minimum atomic E-state index is -1.97. The maximum absolute atomic E-state index is 13.5. The van der Waals surface area contributed by atoms with Gasteiger partial charge in [0, 0.05) is 5.75 Å². The molecule has 1 aliphatic carbocycles. The SMILES string of the molecule is CC(C)OC(=O)[C@@]1(C#N)CSC2(C(C)(C)CC2(C)C)[C@@]1(C#N)C(=O)OC(C)C. The Kier molecular flexibility index (Phi) is 5.37. The van der Waals surface area contributed by atoms with Crippen molar-refractivity contribution in [3.8, 4) is 12.1 Å². The lowest BCUT2D eigenvalue weighted by Gasteiger charge is -2.69. The van der Waals surface area contributed by atoms with Crippen molar-refractivity contribution in [2.24, 2.45) is 21.7 Å². The first kappa shape index (κ1) is 22.6. The highest BCUT2D eigenvalue weighted by Gasteiger charge is 2.88. The zero-order valence-corrected chi connectivity index (χ0v) is 18.8. The molecule has 1 saturated carbocycles. The van der Waals surface area contributed by atoms with E-state index in [0.29, 0.717) is 0 Å². The molecular formula is C21H30N2O4S. The smallest absolute Gasteiger partial charge is 0.330 e. The zero-order valence-electron chi connectivity index (χ0n) is 18.0. The van der Waals surface area contributed by atoms with E-state index < -0.39 is 50.6 Å². The van der Waals surface area contributed by atoms with Gasteiger partial charge in [0.15, 0.2) is 10.8 Å². The second-order valence-corrected chi connectivity index (χ2v) is 10.9. The average Bonchev–Trinajstić information content (AvgIpc) is 2.88. The number of rotatable bonds is 4. The van der Waals surface area contributed by atoms with Crippen LogP contribution in [0, 0.1) is 44.3 Å². The summed E-state index contributed by atoms with van der Waals surface area (Å²) in [4.78, 5) is 26.7. The average molecular weight is 407 g/mol. The highest BCUT2D eigenvalue weighted by molar-refractivity contribution is 8.01. The van der Waals surface area contributed by atoms with Crippen LogP contribution in [0.25, 0.3) is 0 Å². The summed E-state index contributed by atoms with van der Waals surface area (Å²) in [6.07, 6.45) is -0.199. The molecule has 0 amide bonds. The normalized spacial score (nSPS) is 31.7. The minimum Gasteiger partial charge on any atom is -0.462 e. The molecule has 6 nitrogen and oxygen atoms in total. The van der Waals surface area contributed by atoms with Crippen LogP contribution in [0.5, 0.6) is 0 Å². The topological polar surface area (TPSA) is 100 Å². The van der Waals surface area contributed by atoms with Gasteiger partial charge in [-0.2, -0.15) is 10.5 Å². The molecule has 28 heavy (non-hydrogen) atoms. The van der Waals surface area contributed by atoms with Gasteiger partial charge in [-0.15, -0.1) is 11.8 Å². The molecule has 0 bridgehead atoms. The molecule has 2 atom stereocenters. The molecule has 0 unspecified atom stereocenters. The molecule has 2 rings (SSSR count). The van der Waals surface area contributed by atoms with Gasteiger partial charge in [0.1, 0.15) is 0 Å². The zero-order chi connectivity index (χ0) is 21.8. The number of carbonyl (C=O) groups is 2. The van der Waals surface area contributed by atoms with Crippen molar-refractivity contribution in [3.05, 3.63) is 0 Å². The van der Waals surface area contributed by atoms with Gasteiger partial charge in [-0.25, -0.2) is 0 Å². The fourth-order valence-corrected chi connectivity index (χ4v) is 8.11. The van der Waals surface area contributed by atoms with Crippen LogP contribution < -0.4 is 0 Å². The highest BCUT2D eigenvalue weighted by atomic mass is 32.2. The number of hydrogen-bond donors (Lipinski definition) is 0. The van der Waals surface area contributed by atoms with Crippen molar-refractivity contribution >= 4 is 23.7 Å². The van der Waals surface area contributed by atoms with Crippen LogP contribution in [0.2, 0.25) is 0 Å². The minimum absolute atomic E-state index is 0.0165. The van der Waals surface area contributed by atoms with Gasteiger partial charge in [0.05, 0.1) is 29.1 Å². The van der Waals surface area contributed by atoms with Gasteiger partial charge < -0.3 is 9.47 Å². The maximum atomic E-state index is 13.5. The van der Waals surface area contributed by atoms with Crippen molar-refractivity contribution in [2.75, 3.05) is 5.75 Å². The van der Waals surface area contributed by atoms with Gasteiger partial charge in [-0.1, -0.05) is 27.7 Å². The van der Waals surface area contributed by atoms with E-state index in [1.165, 1.54) is 11.8 Å². The molecule has 7 heteroatoms. The Labute approximate surface area is 171 Å². The predicted octanol–water partition coefficient (Wildman–Crippen LogP) is 3.85. The van der Waals surface area contributed by atoms with Crippen LogP contribution >= 0.6 is 11.8 Å². The molecular weight excluding hydrogens is 376 g/mol. The third-order valence-electron chi connectivity index (χ3n) is 6.16. The van der Waals surface area contributed by atoms with Crippen LogP contribution in [-0.2, 0) is 19.1 Å². The Bertz CT molecular complexity index is 760. The molecule has 0 aromatic rings. The van der Waals surface area contributed by atoms with Crippen molar-refractivity contribution in [1.29, 1.82) is 10.5 Å². The third kappa shape index (κ3) is 2.45. The van der Waals surface area contributed by atoms with Gasteiger partial charge in [-0.05, 0) is 44.9 Å². The van der Waals surface area contributed by atoms with Gasteiger partial charge in [0.2, 0.25) is 0 Å². The fraction of sp³-hybridized carbons (Fsp3) is 0.810. The van der Waals surface area contributed by atoms with Gasteiger partial charge in [-0.3, -0.25) is 9.59 Å². The second-order valence-electron chi connectivity index (χ2n) is 9.70. The summed E-state index contributed by atoms with van der Waals surface area (Å²) >= 11 is 1.37. The first-order valence-corrected chi connectivity index (χ1v) is 10.6. The Morgan fingerprint density at radius 3 is 1.71 bits per heavy atom. The summed E-state index contributed by atoms with van der Waals surface area (Å²) in [5, 5.41) is 20.7. The van der Waals surface area contributed by atoms with Crippen LogP contribution in [-0.4, -0.2) is 34.6 Å². The van der Waals surface area contributed by atoms with Crippen molar-refractivity contribution in [2.45, 2.75) is 78.8 Å². The number of thioether (sulfide) groups is 1. The summed E-state index contributed by atoms with van der Waals surface area (Å²) < 4.78 is 9.97. The van der Waals surface area contributed by atoms with E-state index in [1.807, 2.05) is 27.7 Å². The van der Waals surface area contributed by atoms with E-state index >= 15 is 0 Å². The first-order chi connectivity index (χ1) is 12.7. The summed E-state index contributed by atoms with van der Waals surface area (Å²) in [5.41, 5.74) is -4.81. The lowest BCUT2D eigenvalue weighted by atomic mass is 9.37. The standard InChI is InChI=1S/C21H30N2O4S/c1-13(2)26-15(24)19(10-22)12-28-21(17(5,6)9-18(21,7)8)20(19,11-23)16(25)27-14(3)4/h13-14H,9,12H2,1-8H3/t19-,20+/m1/s1. The van der Waals surface area contributed by atoms with Gasteiger partial charge in [0.25, 0.3) is 0 Å². The molecule has 1 aliphatic heterocycles. The van der Waals surface area contributed by atoms with E-state index in [9.17, 15) is 20.1 Å². The molecule has 0 aromatic carbocycles. The van der Waals surface area contributed by atoms with Crippen molar-refractivity contribution in [1.82, 2.24) is 0 Å². The molecule has 1 saturated heterocycles. The summed E-state index contributed by atoms with van der Waals surface area (Å²) in [7, 11) is 0. The number of nitrogens with zero attached hydrogens (tertiary/aromatic N) is 2. The third-order valence-corrected chi connectivity index (χ3v) is 8.58. The second kappa shape index (κ2) is 6.66. The van der Waals surface area contributed by atoms with E-state index in [4.69, 9.17) is 9.47 Å². The van der Waals surface area contributed by atoms with Crippen LogP contribution in [0.3, 0.4) is 0 Å². The Balaban J connectivity index is 2.86. The Hall–Kier alpha value is -1.73. The maximum Gasteiger partial charge on any atom is 0.330 e. The molecule has 154 valence electrons. The number of hydrogen-bond acceptors (Lipinski definition) is 7. The molecule has 0 radical (unpaired) electrons. The van der Waals surface area contributed by atoms with E-state index in [1.54, 1.807) is 27.7 Å². The van der Waals surface area contributed by atoms with E-state index in [0.717, 1.165) is 6.42 Å². The molecule has 2 aliphatic rings. The molecule has 2 fully saturated rings. The lowest BCUT2D eigenvalue weighted by Crippen LogP contribution is -2.75. The molecule has 0 aromatic heterocycles. The number of carbonyl (C=O) groups excluding carboxylic acids is 2. The van der Waals surface area contributed by atoms with Crippen molar-refractivity contribution in [3.63, 3.8) is 0 Å². The highest BCUT2D eigenvalue weighted by Crippen LogP contribution is 2.81. The van der Waals surface area contributed by atoms with Crippen LogP contribution in [0.4, 0.5) is 0 Å². The monoisotopic (exact) mass is 406 g/mol. The summed E-state index contributed by atoms with van der Waals surface area (Å²) in [6, 6.07) is 4.22. The van der Waals surface area contributed by atoms with Crippen molar-refractivity contribution < 1.29 is 19.1 Å². The number of ether oxygens (including phenoxy) is 2. The Morgan fingerprint density at radius 1 is 0.893 bits per heavy atom. The van der Waals surface area contributed by atoms with E-state index in [-0.39, 0.29) is 5.75 Å². The van der Waals surface area contributed by atoms with Gasteiger partial charge >= 0.3 is 11.9 Å². The number of esters is 2. The van der Waals surface area contributed by atoms with Crippen LogP contribution in [0.15, 0.2) is 0 Å². The lowest BCUT2D eigenvalue weighted by molar-refractivity contribution is -0.194. The van der Waals surface area contributed by atoms with E-state index in [2.05, 4.69) is 12.1 Å². The molecule has 1 spiro atoms. The fourth-order valence-electron chi connectivity index (χ4n) is 5.83. The molecule has 0 N–H and O–H groups in total. The summed E-state index contributed by atoms with van der Waals surface area (Å²) in [5.74, 6) is -1.61. The first-order valence-electron chi connectivity index (χ1n) is 9.60. The summed E-state index contributed by atoms with van der Waals surface area (Å²) in [6.45, 7) is 14.7. The Morgan fingerprint density at radius 2 is 1.36 bits per heavy atom. The molecule has 1 heterocycles. The van der Waals surface area contributed by atoms with Crippen LogP contribution in [0.1, 0.15) is 61.8 Å². The quantitative estimate of drug-likeness (QED) is 0.654.